The predicted octanol–water partition coefficient (Wildman–Crippen LogP) is 3.09. The third-order valence-electron chi connectivity index (χ3n) is 3.04. The molecule has 0 unspecified atom stereocenters. The lowest BCUT2D eigenvalue weighted by Crippen LogP contribution is -2.04. The van der Waals surface area contributed by atoms with Crippen molar-refractivity contribution in [2.45, 2.75) is 19.9 Å². The van der Waals surface area contributed by atoms with Gasteiger partial charge in [-0.2, -0.15) is 0 Å². The number of hydrogen-bond donors (Lipinski definition) is 0. The molecule has 0 aliphatic carbocycles. The van der Waals surface area contributed by atoms with E-state index >= 15 is 0 Å². The summed E-state index contributed by atoms with van der Waals surface area (Å²) in [5, 5.41) is 0.414. The topological polar surface area (TPSA) is 43.6 Å². The van der Waals surface area contributed by atoms with Gasteiger partial charge in [-0.05, 0) is 19.1 Å². The first kappa shape index (κ1) is 12.1. The number of nitrogens with zero attached hydrogens (tertiary/aromatic N) is 4. The van der Waals surface area contributed by atoms with Gasteiger partial charge in [0.25, 0.3) is 0 Å². The third kappa shape index (κ3) is 2.31. The number of aryl methyl sites for hydroxylation is 1. The quantitative estimate of drug-likeness (QED) is 0.736. The normalized spacial score (nSPS) is 11.1. The Kier molecular flexibility index (Phi) is 3.17. The van der Waals surface area contributed by atoms with Crippen molar-refractivity contribution < 1.29 is 0 Å². The van der Waals surface area contributed by atoms with E-state index in [2.05, 4.69) is 32.5 Å². The Hall–Kier alpha value is -1.94. The van der Waals surface area contributed by atoms with E-state index in [1.54, 1.807) is 6.20 Å². The van der Waals surface area contributed by atoms with Gasteiger partial charge in [0.05, 0.1) is 22.9 Å². The number of rotatable bonds is 3. The lowest BCUT2D eigenvalue weighted by Gasteiger charge is -2.05. The second-order valence-corrected chi connectivity index (χ2v) is 4.66. The monoisotopic (exact) mass is 272 g/mol. The molecular weight excluding hydrogens is 260 g/mol. The lowest BCUT2D eigenvalue weighted by atomic mass is 10.3. The summed E-state index contributed by atoms with van der Waals surface area (Å²) in [5.41, 5.74) is 2.99. The van der Waals surface area contributed by atoms with Crippen LogP contribution in [0.5, 0.6) is 0 Å². The maximum absolute atomic E-state index is 5.86. The van der Waals surface area contributed by atoms with Gasteiger partial charge in [-0.1, -0.05) is 23.7 Å². The fourth-order valence-corrected chi connectivity index (χ4v) is 2.41. The Balaban J connectivity index is 2.05. The molecule has 0 saturated heterocycles. The third-order valence-corrected chi connectivity index (χ3v) is 3.23. The van der Waals surface area contributed by atoms with Gasteiger partial charge in [0.15, 0.2) is 0 Å². The molecule has 3 rings (SSSR count). The van der Waals surface area contributed by atoms with Crippen LogP contribution in [-0.2, 0) is 13.0 Å². The number of para-hydroxylation sites is 2. The van der Waals surface area contributed by atoms with Gasteiger partial charge >= 0.3 is 0 Å². The predicted molar refractivity (Wildman–Crippen MR) is 75.3 cm³/mol. The van der Waals surface area contributed by atoms with E-state index in [0.717, 1.165) is 29.1 Å². The zero-order valence-electron chi connectivity index (χ0n) is 10.5. The number of imidazole rings is 1. The van der Waals surface area contributed by atoms with Gasteiger partial charge < -0.3 is 4.57 Å². The van der Waals surface area contributed by atoms with Crippen molar-refractivity contribution in [3.8, 4) is 0 Å². The Labute approximate surface area is 116 Å². The van der Waals surface area contributed by atoms with Crippen molar-refractivity contribution in [2.75, 3.05) is 0 Å². The van der Waals surface area contributed by atoms with Crippen LogP contribution in [0.1, 0.15) is 18.4 Å². The molecule has 0 fully saturated rings. The van der Waals surface area contributed by atoms with Crippen LogP contribution in [0.2, 0.25) is 5.15 Å². The Morgan fingerprint density at radius 1 is 1.16 bits per heavy atom. The van der Waals surface area contributed by atoms with Crippen molar-refractivity contribution in [2.24, 2.45) is 0 Å². The summed E-state index contributed by atoms with van der Waals surface area (Å²) < 4.78 is 2.19. The summed E-state index contributed by atoms with van der Waals surface area (Å²) >= 11 is 5.86. The number of halogens is 1. The van der Waals surface area contributed by atoms with Crippen LogP contribution in [0.15, 0.2) is 36.7 Å². The van der Waals surface area contributed by atoms with E-state index in [4.69, 9.17) is 11.6 Å². The van der Waals surface area contributed by atoms with Crippen LogP contribution in [0, 0.1) is 0 Å². The number of fused-ring (bicyclic) bond motifs is 1. The highest BCUT2D eigenvalue weighted by molar-refractivity contribution is 6.29. The van der Waals surface area contributed by atoms with E-state index in [-0.39, 0.29) is 0 Å². The van der Waals surface area contributed by atoms with E-state index in [1.165, 1.54) is 6.20 Å². The second-order valence-electron chi connectivity index (χ2n) is 4.27. The molecule has 0 aliphatic heterocycles. The first-order valence-electron chi connectivity index (χ1n) is 6.18. The molecule has 0 radical (unpaired) electrons. The maximum atomic E-state index is 5.86. The molecule has 0 atom stereocenters. The molecule has 96 valence electrons. The first-order chi connectivity index (χ1) is 9.28. The second kappa shape index (κ2) is 4.97. The number of aromatic nitrogens is 4. The molecule has 0 aliphatic rings. The summed E-state index contributed by atoms with van der Waals surface area (Å²) in [6, 6.07) is 8.13. The van der Waals surface area contributed by atoms with Gasteiger partial charge in [-0.15, -0.1) is 0 Å². The molecule has 5 heteroatoms. The first-order valence-corrected chi connectivity index (χ1v) is 6.56. The van der Waals surface area contributed by atoms with Crippen LogP contribution in [0.3, 0.4) is 0 Å². The van der Waals surface area contributed by atoms with Crippen LogP contribution in [-0.4, -0.2) is 19.5 Å². The standard InChI is InChI=1S/C14H13ClN4/c1-2-19-12-6-4-3-5-11(12)18-14(19)7-10-8-16-9-13(15)17-10/h3-6,8-9H,2,7H2,1H3. The summed E-state index contributed by atoms with van der Waals surface area (Å²) in [6.45, 7) is 2.99. The SMILES string of the molecule is CCn1c(Cc2cncc(Cl)n2)nc2ccccc21. The maximum Gasteiger partial charge on any atom is 0.147 e. The van der Waals surface area contributed by atoms with Crippen molar-refractivity contribution in [3.05, 3.63) is 53.3 Å². The van der Waals surface area contributed by atoms with Gasteiger partial charge in [-0.25, -0.2) is 9.97 Å². The highest BCUT2D eigenvalue weighted by Gasteiger charge is 2.10. The van der Waals surface area contributed by atoms with Gasteiger partial charge in [0, 0.05) is 19.2 Å². The van der Waals surface area contributed by atoms with Crippen molar-refractivity contribution in [1.82, 2.24) is 19.5 Å². The highest BCUT2D eigenvalue weighted by atomic mass is 35.5. The lowest BCUT2D eigenvalue weighted by molar-refractivity contribution is 0.728. The number of benzene rings is 1. The molecule has 3 aromatic rings. The molecule has 0 saturated carbocycles. The fourth-order valence-electron chi connectivity index (χ4n) is 2.24. The minimum absolute atomic E-state index is 0.414. The molecule has 19 heavy (non-hydrogen) atoms. The van der Waals surface area contributed by atoms with Crippen LogP contribution in [0.25, 0.3) is 11.0 Å². The van der Waals surface area contributed by atoms with Crippen LogP contribution < -0.4 is 0 Å². The largest absolute Gasteiger partial charge is 0.328 e. The molecule has 4 nitrogen and oxygen atoms in total. The van der Waals surface area contributed by atoms with E-state index in [9.17, 15) is 0 Å². The van der Waals surface area contributed by atoms with Crippen molar-refractivity contribution in [1.29, 1.82) is 0 Å². The van der Waals surface area contributed by atoms with Gasteiger partial charge in [0.2, 0.25) is 0 Å². The highest BCUT2D eigenvalue weighted by Crippen LogP contribution is 2.18. The summed E-state index contributed by atoms with van der Waals surface area (Å²) in [5.74, 6) is 0.986. The van der Waals surface area contributed by atoms with E-state index in [1.807, 2.05) is 18.2 Å². The van der Waals surface area contributed by atoms with Crippen molar-refractivity contribution in [3.63, 3.8) is 0 Å². The zero-order chi connectivity index (χ0) is 13.2. The minimum atomic E-state index is 0.414. The van der Waals surface area contributed by atoms with Gasteiger partial charge in [-0.3, -0.25) is 4.98 Å². The minimum Gasteiger partial charge on any atom is -0.328 e. The zero-order valence-corrected chi connectivity index (χ0v) is 11.3. The van der Waals surface area contributed by atoms with Crippen LogP contribution >= 0.6 is 11.6 Å². The molecule has 1 aromatic carbocycles. The number of hydrogen-bond acceptors (Lipinski definition) is 3. The molecular formula is C14H13ClN4. The molecule has 0 amide bonds. The fraction of sp³-hybridized carbons (Fsp3) is 0.214. The average Bonchev–Trinajstić information content (AvgIpc) is 2.75. The average molecular weight is 273 g/mol. The Bertz CT molecular complexity index is 720. The van der Waals surface area contributed by atoms with Crippen molar-refractivity contribution >= 4 is 22.6 Å². The van der Waals surface area contributed by atoms with Gasteiger partial charge in [0.1, 0.15) is 11.0 Å². The van der Waals surface area contributed by atoms with E-state index in [0.29, 0.717) is 11.6 Å². The smallest absolute Gasteiger partial charge is 0.147 e. The molecule has 2 aromatic heterocycles. The molecule has 0 spiro atoms. The van der Waals surface area contributed by atoms with Crippen LogP contribution in [0.4, 0.5) is 0 Å². The summed E-state index contributed by atoms with van der Waals surface area (Å²) in [7, 11) is 0. The summed E-state index contributed by atoms with van der Waals surface area (Å²) in [4.78, 5) is 13.0. The Morgan fingerprint density at radius 3 is 2.79 bits per heavy atom. The Morgan fingerprint density at radius 2 is 2.00 bits per heavy atom. The molecule has 0 N–H and O–H groups in total. The summed E-state index contributed by atoms with van der Waals surface area (Å²) in [6.07, 6.45) is 3.90. The van der Waals surface area contributed by atoms with E-state index < -0.39 is 0 Å². The molecule has 2 heterocycles. The molecule has 0 bridgehead atoms.